The van der Waals surface area contributed by atoms with Crippen LogP contribution in [0.3, 0.4) is 0 Å². The average molecular weight is 230 g/mol. The van der Waals surface area contributed by atoms with Gasteiger partial charge in [-0.3, -0.25) is 0 Å². The van der Waals surface area contributed by atoms with Gasteiger partial charge in [0.15, 0.2) is 0 Å². The van der Waals surface area contributed by atoms with Gasteiger partial charge in [0.05, 0.1) is 12.1 Å². The van der Waals surface area contributed by atoms with Crippen molar-refractivity contribution in [1.82, 2.24) is 0 Å². The van der Waals surface area contributed by atoms with Crippen LogP contribution in [0.1, 0.15) is 5.56 Å². The molecule has 6 heteroatoms. The van der Waals surface area contributed by atoms with Crippen LogP contribution in [0.2, 0.25) is 5.02 Å². The van der Waals surface area contributed by atoms with E-state index in [0.717, 1.165) is 5.56 Å². The summed E-state index contributed by atoms with van der Waals surface area (Å²) in [6, 6.07) is 5.28. The van der Waals surface area contributed by atoms with E-state index in [-0.39, 0.29) is 12.6 Å². The number of rotatable bonds is 4. The number of hydrogen-bond acceptors (Lipinski definition) is 3. The van der Waals surface area contributed by atoms with Gasteiger partial charge in [-0.15, -0.1) is 0 Å². The molecule has 5 nitrogen and oxygen atoms in total. The molecular formula is C9H12ClN3O2. The minimum atomic E-state index is -0.116. The number of hydrogen-bond donors (Lipinski definition) is 2. The van der Waals surface area contributed by atoms with Gasteiger partial charge < -0.3 is 21.0 Å². The summed E-state index contributed by atoms with van der Waals surface area (Å²) in [5.41, 5.74) is 11.0. The summed E-state index contributed by atoms with van der Waals surface area (Å²) in [5.74, 6) is 0.497. The maximum absolute atomic E-state index is 5.91. The number of ether oxygens (including phenoxy) is 1. The van der Waals surface area contributed by atoms with Gasteiger partial charge in [-0.25, -0.2) is 0 Å². The first-order valence-corrected chi connectivity index (χ1v) is 4.54. The average Bonchev–Trinajstić information content (AvgIpc) is 2.17. The Morgan fingerprint density at radius 2 is 2.20 bits per heavy atom. The molecule has 0 aliphatic rings. The van der Waals surface area contributed by atoms with Crippen molar-refractivity contribution >= 4 is 17.6 Å². The minimum Gasteiger partial charge on any atom is -0.495 e. The summed E-state index contributed by atoms with van der Waals surface area (Å²) in [7, 11) is 1.55. The van der Waals surface area contributed by atoms with Crippen LogP contribution in [0.25, 0.3) is 0 Å². The Kier molecular flexibility index (Phi) is 4.05. The van der Waals surface area contributed by atoms with E-state index >= 15 is 0 Å². The van der Waals surface area contributed by atoms with Gasteiger partial charge in [-0.1, -0.05) is 17.7 Å². The van der Waals surface area contributed by atoms with Crippen molar-refractivity contribution in [2.75, 3.05) is 7.11 Å². The van der Waals surface area contributed by atoms with Gasteiger partial charge in [0.25, 0.3) is 0 Å². The molecule has 4 N–H and O–H groups in total. The van der Waals surface area contributed by atoms with Crippen LogP contribution in [0.5, 0.6) is 5.75 Å². The van der Waals surface area contributed by atoms with Crippen LogP contribution in [0, 0.1) is 0 Å². The second kappa shape index (κ2) is 5.31. The van der Waals surface area contributed by atoms with Crippen molar-refractivity contribution in [1.29, 1.82) is 0 Å². The molecule has 0 amide bonds. The van der Waals surface area contributed by atoms with Crippen LogP contribution < -0.4 is 16.2 Å². The molecule has 0 atom stereocenters. The van der Waals surface area contributed by atoms with Gasteiger partial charge in [-0.05, 0) is 22.9 Å². The van der Waals surface area contributed by atoms with Gasteiger partial charge in [0.1, 0.15) is 12.4 Å². The first-order chi connectivity index (χ1) is 7.13. The van der Waals surface area contributed by atoms with E-state index in [1.807, 2.05) is 6.07 Å². The number of oxime groups is 1. The summed E-state index contributed by atoms with van der Waals surface area (Å²) < 4.78 is 5.00. The lowest BCUT2D eigenvalue weighted by atomic mass is 10.2. The minimum absolute atomic E-state index is 0.116. The quantitative estimate of drug-likeness (QED) is 0.459. The number of methoxy groups -OCH3 is 1. The van der Waals surface area contributed by atoms with Crippen molar-refractivity contribution in [2.45, 2.75) is 6.61 Å². The lowest BCUT2D eigenvalue weighted by molar-refractivity contribution is 0.130. The molecule has 0 aliphatic heterocycles. The fraction of sp³-hybridized carbons (Fsp3) is 0.222. The maximum Gasteiger partial charge on any atom is 0.228 e. The van der Waals surface area contributed by atoms with E-state index in [9.17, 15) is 0 Å². The second-order valence-electron chi connectivity index (χ2n) is 2.76. The molecule has 0 bridgehead atoms. The predicted molar refractivity (Wildman–Crippen MR) is 58.6 cm³/mol. The number of benzene rings is 1. The van der Waals surface area contributed by atoms with E-state index in [2.05, 4.69) is 5.16 Å². The third-order valence-electron chi connectivity index (χ3n) is 1.62. The van der Waals surface area contributed by atoms with Crippen molar-refractivity contribution in [3.8, 4) is 5.75 Å². The first-order valence-electron chi connectivity index (χ1n) is 4.17. The summed E-state index contributed by atoms with van der Waals surface area (Å²) in [6.07, 6.45) is 0. The Bertz CT molecular complexity index is 364. The predicted octanol–water partition coefficient (Wildman–Crippen LogP) is 1.05. The highest BCUT2D eigenvalue weighted by molar-refractivity contribution is 6.32. The molecule has 0 heterocycles. The SMILES string of the molecule is COc1ccc(CON=C(N)N)cc1Cl. The second-order valence-corrected chi connectivity index (χ2v) is 3.17. The van der Waals surface area contributed by atoms with Gasteiger partial charge in [0, 0.05) is 0 Å². The fourth-order valence-electron chi connectivity index (χ4n) is 0.981. The molecule has 15 heavy (non-hydrogen) atoms. The molecule has 1 aromatic carbocycles. The van der Waals surface area contributed by atoms with E-state index < -0.39 is 0 Å². The van der Waals surface area contributed by atoms with Crippen LogP contribution in [-0.2, 0) is 11.4 Å². The number of halogens is 1. The van der Waals surface area contributed by atoms with Gasteiger partial charge in [-0.2, -0.15) is 0 Å². The smallest absolute Gasteiger partial charge is 0.228 e. The van der Waals surface area contributed by atoms with E-state index in [1.54, 1.807) is 19.2 Å². The highest BCUT2D eigenvalue weighted by Crippen LogP contribution is 2.25. The summed E-state index contributed by atoms with van der Waals surface area (Å²) >= 11 is 5.91. The molecule has 1 rings (SSSR count). The molecule has 0 aliphatic carbocycles. The van der Waals surface area contributed by atoms with E-state index in [4.69, 9.17) is 32.6 Å². The van der Waals surface area contributed by atoms with Crippen molar-refractivity contribution in [3.05, 3.63) is 28.8 Å². The Hall–Kier alpha value is -1.62. The number of nitrogens with zero attached hydrogens (tertiary/aromatic N) is 1. The highest BCUT2D eigenvalue weighted by atomic mass is 35.5. The Balaban J connectivity index is 2.63. The zero-order valence-corrected chi connectivity index (χ0v) is 8.99. The molecule has 0 spiro atoms. The third-order valence-corrected chi connectivity index (χ3v) is 1.91. The molecule has 0 saturated heterocycles. The normalized spacial score (nSPS) is 9.47. The van der Waals surface area contributed by atoms with Gasteiger partial charge in [0.2, 0.25) is 5.96 Å². The first kappa shape index (κ1) is 11.5. The Labute approximate surface area is 92.6 Å². The van der Waals surface area contributed by atoms with E-state index in [1.165, 1.54) is 0 Å². The molecule has 1 aromatic rings. The van der Waals surface area contributed by atoms with Gasteiger partial charge >= 0.3 is 0 Å². The molecule has 0 unspecified atom stereocenters. The van der Waals surface area contributed by atoms with Crippen LogP contribution >= 0.6 is 11.6 Å². The molecule has 0 fully saturated rings. The third kappa shape index (κ3) is 3.55. The molecular weight excluding hydrogens is 218 g/mol. The largest absolute Gasteiger partial charge is 0.495 e. The Morgan fingerprint density at radius 3 is 2.73 bits per heavy atom. The maximum atomic E-state index is 5.91. The monoisotopic (exact) mass is 229 g/mol. The molecule has 0 aromatic heterocycles. The topological polar surface area (TPSA) is 82.9 Å². The zero-order chi connectivity index (χ0) is 11.3. The molecule has 82 valence electrons. The van der Waals surface area contributed by atoms with Crippen LogP contribution in [0.15, 0.2) is 23.4 Å². The lowest BCUT2D eigenvalue weighted by Gasteiger charge is -2.05. The molecule has 0 saturated carbocycles. The zero-order valence-electron chi connectivity index (χ0n) is 8.24. The molecule has 0 radical (unpaired) electrons. The fourth-order valence-corrected chi connectivity index (χ4v) is 1.26. The number of nitrogens with two attached hydrogens (primary N) is 2. The summed E-state index contributed by atoms with van der Waals surface area (Å²) in [5, 5.41) is 3.91. The summed E-state index contributed by atoms with van der Waals surface area (Å²) in [4.78, 5) is 4.85. The number of guanidine groups is 1. The standard InChI is InChI=1S/C9H12ClN3O2/c1-14-8-3-2-6(4-7(8)10)5-15-13-9(11)12/h2-4H,5H2,1H3,(H4,11,12,13). The van der Waals surface area contributed by atoms with Crippen LogP contribution in [0.4, 0.5) is 0 Å². The van der Waals surface area contributed by atoms with Crippen molar-refractivity contribution < 1.29 is 9.57 Å². The van der Waals surface area contributed by atoms with E-state index in [0.29, 0.717) is 10.8 Å². The highest BCUT2D eigenvalue weighted by Gasteiger charge is 2.01. The lowest BCUT2D eigenvalue weighted by Crippen LogP contribution is -2.22. The summed E-state index contributed by atoms with van der Waals surface area (Å²) in [6.45, 7) is 0.252. The van der Waals surface area contributed by atoms with Crippen molar-refractivity contribution in [2.24, 2.45) is 16.6 Å². The van der Waals surface area contributed by atoms with Crippen molar-refractivity contribution in [3.63, 3.8) is 0 Å². The van der Waals surface area contributed by atoms with Crippen LogP contribution in [-0.4, -0.2) is 13.1 Å². The Morgan fingerprint density at radius 1 is 1.47 bits per heavy atom.